The lowest BCUT2D eigenvalue weighted by atomic mass is 10.1. The van der Waals surface area contributed by atoms with Gasteiger partial charge < -0.3 is 9.47 Å². The maximum absolute atomic E-state index is 12.7. The van der Waals surface area contributed by atoms with Gasteiger partial charge in [-0.25, -0.2) is 13.4 Å². The van der Waals surface area contributed by atoms with Crippen LogP contribution in [-0.4, -0.2) is 78.0 Å². The number of hydrogen-bond acceptors (Lipinski definition) is 8. The number of hydrogen-bond donors (Lipinski definition) is 0. The fourth-order valence-electron chi connectivity index (χ4n) is 3.30. The third-order valence-electron chi connectivity index (χ3n) is 4.77. The topological polar surface area (TPSA) is 119 Å². The summed E-state index contributed by atoms with van der Waals surface area (Å²) >= 11 is 0. The third kappa shape index (κ3) is 4.96. The van der Waals surface area contributed by atoms with E-state index < -0.39 is 10.0 Å². The molecule has 3 heterocycles. The summed E-state index contributed by atoms with van der Waals surface area (Å²) < 4.78 is 37.5. The minimum atomic E-state index is -3.62. The normalized spacial score (nSPS) is 21.6. The van der Waals surface area contributed by atoms with Crippen LogP contribution in [0.2, 0.25) is 0 Å². The van der Waals surface area contributed by atoms with Crippen molar-refractivity contribution in [2.45, 2.75) is 38.2 Å². The molecule has 1 unspecified atom stereocenters. The maximum atomic E-state index is 12.7. The van der Waals surface area contributed by atoms with E-state index in [9.17, 15) is 18.0 Å². The Labute approximate surface area is 163 Å². The van der Waals surface area contributed by atoms with Gasteiger partial charge in [0.2, 0.25) is 27.7 Å². The summed E-state index contributed by atoms with van der Waals surface area (Å²) in [6, 6.07) is 1.76. The number of ether oxygens (including phenoxy) is 2. The van der Waals surface area contributed by atoms with E-state index in [4.69, 9.17) is 9.47 Å². The molecule has 28 heavy (non-hydrogen) atoms. The first-order valence-electron chi connectivity index (χ1n) is 9.24. The van der Waals surface area contributed by atoms with Crippen molar-refractivity contribution in [2.24, 2.45) is 0 Å². The first-order chi connectivity index (χ1) is 13.4. The first kappa shape index (κ1) is 20.5. The zero-order chi connectivity index (χ0) is 20.1. The van der Waals surface area contributed by atoms with Gasteiger partial charge in [-0.2, -0.15) is 9.29 Å². The molecule has 0 aromatic carbocycles. The van der Waals surface area contributed by atoms with Gasteiger partial charge in [0.25, 0.3) is 0 Å². The molecule has 2 aliphatic heterocycles. The fraction of sp³-hybridized carbons (Fsp3) is 0.647. The Kier molecular flexibility index (Phi) is 6.45. The second-order valence-electron chi connectivity index (χ2n) is 6.73. The number of carbonyl (C=O) groups excluding carboxylic acids is 2. The second-order valence-corrected chi connectivity index (χ2v) is 8.82. The largest absolute Gasteiger partial charge is 0.473 e. The molecule has 0 saturated carbocycles. The number of piperidine rings is 2. The highest BCUT2D eigenvalue weighted by Gasteiger charge is 2.32. The van der Waals surface area contributed by atoms with Crippen molar-refractivity contribution in [3.63, 3.8) is 0 Å². The van der Waals surface area contributed by atoms with E-state index in [1.165, 1.54) is 17.6 Å². The molecular weight excluding hydrogens is 388 g/mol. The van der Waals surface area contributed by atoms with Crippen LogP contribution in [0.25, 0.3) is 0 Å². The molecule has 2 aliphatic rings. The smallest absolute Gasteiger partial charge is 0.319 e. The van der Waals surface area contributed by atoms with Gasteiger partial charge in [-0.1, -0.05) is 0 Å². The van der Waals surface area contributed by atoms with Gasteiger partial charge in [0.15, 0.2) is 0 Å². The average Bonchev–Trinajstić information content (AvgIpc) is 2.68. The van der Waals surface area contributed by atoms with Crippen molar-refractivity contribution in [3.05, 3.63) is 12.3 Å². The first-order valence-corrected chi connectivity index (χ1v) is 10.8. The van der Waals surface area contributed by atoms with Crippen LogP contribution in [0.15, 0.2) is 12.3 Å². The van der Waals surface area contributed by atoms with Crippen LogP contribution in [0.3, 0.4) is 0 Å². The van der Waals surface area contributed by atoms with Gasteiger partial charge in [-0.05, 0) is 19.3 Å². The lowest BCUT2D eigenvalue weighted by molar-refractivity contribution is -0.147. The molecule has 0 spiro atoms. The predicted molar refractivity (Wildman–Crippen MR) is 98.2 cm³/mol. The van der Waals surface area contributed by atoms with Gasteiger partial charge in [-0.15, -0.1) is 0 Å². The number of carbonyl (C=O) groups is 2. The summed E-state index contributed by atoms with van der Waals surface area (Å²) in [5.41, 5.74) is 0. The van der Waals surface area contributed by atoms with Crippen LogP contribution in [0.4, 0.5) is 0 Å². The number of rotatable bonds is 7. The lowest BCUT2D eigenvalue weighted by Crippen LogP contribution is -2.48. The van der Waals surface area contributed by atoms with E-state index in [1.807, 2.05) is 0 Å². The number of aromatic nitrogens is 2. The average molecular weight is 412 g/mol. The number of likely N-dealkylation sites (tertiary alicyclic amines) is 1. The Morgan fingerprint density at radius 2 is 1.96 bits per heavy atom. The molecule has 2 amide bonds. The van der Waals surface area contributed by atoms with E-state index in [1.54, 1.807) is 6.07 Å². The summed E-state index contributed by atoms with van der Waals surface area (Å²) in [5, 5.41) is 0. The minimum absolute atomic E-state index is 0.106. The minimum Gasteiger partial charge on any atom is -0.473 e. The van der Waals surface area contributed by atoms with Crippen LogP contribution in [0, 0.1) is 0 Å². The van der Waals surface area contributed by atoms with Crippen LogP contribution in [0.1, 0.15) is 32.1 Å². The molecule has 10 nitrogen and oxygen atoms in total. The van der Waals surface area contributed by atoms with Crippen molar-refractivity contribution in [1.82, 2.24) is 19.2 Å². The van der Waals surface area contributed by atoms with E-state index >= 15 is 0 Å². The molecule has 3 rings (SSSR count). The second kappa shape index (κ2) is 8.82. The van der Waals surface area contributed by atoms with E-state index in [0.29, 0.717) is 31.7 Å². The monoisotopic (exact) mass is 412 g/mol. The molecule has 2 fully saturated rings. The van der Waals surface area contributed by atoms with Gasteiger partial charge in [0, 0.05) is 38.2 Å². The van der Waals surface area contributed by atoms with Crippen molar-refractivity contribution < 1.29 is 27.5 Å². The van der Waals surface area contributed by atoms with E-state index in [0.717, 1.165) is 4.90 Å². The molecule has 0 aliphatic carbocycles. The number of imide groups is 1. The summed E-state index contributed by atoms with van der Waals surface area (Å²) in [5.74, 6) is -0.563. The highest BCUT2D eigenvalue weighted by molar-refractivity contribution is 7.89. The van der Waals surface area contributed by atoms with Crippen molar-refractivity contribution in [1.29, 1.82) is 0 Å². The van der Waals surface area contributed by atoms with E-state index in [2.05, 4.69) is 9.97 Å². The van der Waals surface area contributed by atoms with Crippen LogP contribution in [0.5, 0.6) is 11.9 Å². The zero-order valence-corrected chi connectivity index (χ0v) is 16.6. The molecule has 1 aromatic heterocycles. The lowest BCUT2D eigenvalue weighted by Gasteiger charge is -2.32. The van der Waals surface area contributed by atoms with Gasteiger partial charge in [0.1, 0.15) is 6.10 Å². The third-order valence-corrected chi connectivity index (χ3v) is 6.59. The SMILES string of the molecule is COc1nccc(OC2CCCN(S(=O)(=O)CCN3C(=O)CCCC3=O)C2)n1. The molecule has 1 aromatic rings. The summed E-state index contributed by atoms with van der Waals surface area (Å²) in [6.45, 7) is 0.471. The van der Waals surface area contributed by atoms with Crippen molar-refractivity contribution >= 4 is 21.8 Å². The molecule has 2 saturated heterocycles. The Morgan fingerprint density at radius 1 is 1.21 bits per heavy atom. The van der Waals surface area contributed by atoms with Gasteiger partial charge in [0.05, 0.1) is 19.4 Å². The van der Waals surface area contributed by atoms with Crippen LogP contribution in [-0.2, 0) is 19.6 Å². The standard InChI is InChI=1S/C17H24N4O6S/c1-26-17-18-8-7-14(19-17)27-13-4-3-9-20(12-13)28(24,25)11-10-21-15(22)5-2-6-16(21)23/h7-8,13H,2-6,9-12H2,1H3. The van der Waals surface area contributed by atoms with Crippen LogP contribution >= 0.6 is 0 Å². The van der Waals surface area contributed by atoms with Crippen LogP contribution < -0.4 is 9.47 Å². The highest BCUT2D eigenvalue weighted by atomic mass is 32.2. The van der Waals surface area contributed by atoms with Crippen molar-refractivity contribution in [3.8, 4) is 11.9 Å². The number of amides is 2. The van der Waals surface area contributed by atoms with E-state index in [-0.39, 0.29) is 55.6 Å². The summed E-state index contributed by atoms with van der Waals surface area (Å²) in [4.78, 5) is 32.8. The van der Waals surface area contributed by atoms with Gasteiger partial charge >= 0.3 is 6.01 Å². The number of sulfonamides is 1. The van der Waals surface area contributed by atoms with Gasteiger partial charge in [-0.3, -0.25) is 14.5 Å². The molecule has 1 atom stereocenters. The number of methoxy groups -OCH3 is 1. The Hall–Kier alpha value is -2.27. The molecule has 0 N–H and O–H groups in total. The summed E-state index contributed by atoms with van der Waals surface area (Å²) in [6.07, 6.45) is 3.60. The maximum Gasteiger partial charge on any atom is 0.319 e. The quantitative estimate of drug-likeness (QED) is 0.583. The highest BCUT2D eigenvalue weighted by Crippen LogP contribution is 2.20. The molecule has 11 heteroatoms. The Bertz CT molecular complexity index is 815. The molecule has 154 valence electrons. The van der Waals surface area contributed by atoms with Crippen molar-refractivity contribution in [2.75, 3.05) is 32.5 Å². The molecular formula is C17H24N4O6S. The Morgan fingerprint density at radius 3 is 2.68 bits per heavy atom. The Balaban J connectivity index is 1.59. The predicted octanol–water partition coefficient (Wildman–Crippen LogP) is 0.197. The molecule has 0 radical (unpaired) electrons. The fourth-order valence-corrected chi connectivity index (χ4v) is 4.77. The zero-order valence-electron chi connectivity index (χ0n) is 15.7. The number of nitrogens with zero attached hydrogens (tertiary/aromatic N) is 4. The summed E-state index contributed by atoms with van der Waals surface area (Å²) in [7, 11) is -2.17. The molecule has 0 bridgehead atoms.